The van der Waals surface area contributed by atoms with E-state index in [-0.39, 0.29) is 20.8 Å². The Kier molecular flexibility index (Phi) is 3.53. The van der Waals surface area contributed by atoms with E-state index in [9.17, 15) is 8.42 Å². The molecule has 0 aromatic heterocycles. The van der Waals surface area contributed by atoms with Crippen LogP contribution in [-0.2, 0) is 10.1 Å². The third-order valence-corrected chi connectivity index (χ3v) is 2.72. The summed E-state index contributed by atoms with van der Waals surface area (Å²) in [6.07, 6.45) is 0.909. The summed E-state index contributed by atoms with van der Waals surface area (Å²) in [5, 5.41) is 0.497. The summed E-state index contributed by atoms with van der Waals surface area (Å²) in [7, 11) is -3.62. The molecule has 0 saturated heterocycles. The third kappa shape index (κ3) is 3.20. The highest BCUT2D eigenvalue weighted by molar-refractivity contribution is 7.86. The van der Waals surface area contributed by atoms with Crippen LogP contribution < -0.4 is 4.18 Å². The summed E-state index contributed by atoms with van der Waals surface area (Å²) in [6, 6.07) is 2.55. The lowest BCUT2D eigenvalue weighted by molar-refractivity contribution is 0.493. The van der Waals surface area contributed by atoms with E-state index in [0.717, 1.165) is 6.26 Å². The van der Waals surface area contributed by atoms with Crippen LogP contribution in [0.25, 0.3) is 0 Å². The van der Waals surface area contributed by atoms with E-state index >= 15 is 0 Å². The summed E-state index contributed by atoms with van der Waals surface area (Å²) in [5.74, 6) is -0.0384. The van der Waals surface area contributed by atoms with Crippen molar-refractivity contribution < 1.29 is 12.6 Å². The van der Waals surface area contributed by atoms with Crippen molar-refractivity contribution in [2.24, 2.45) is 0 Å². The van der Waals surface area contributed by atoms with Gasteiger partial charge in [-0.2, -0.15) is 8.42 Å². The Labute approximate surface area is 96.7 Å². The van der Waals surface area contributed by atoms with E-state index < -0.39 is 10.1 Å². The van der Waals surface area contributed by atoms with Gasteiger partial charge in [-0.15, -0.1) is 0 Å². The first-order chi connectivity index (χ1) is 6.29. The zero-order valence-electron chi connectivity index (χ0n) is 6.92. The largest absolute Gasteiger partial charge is 0.381 e. The summed E-state index contributed by atoms with van der Waals surface area (Å²) in [4.78, 5) is 0. The van der Waals surface area contributed by atoms with Gasteiger partial charge in [-0.1, -0.05) is 34.8 Å². The lowest BCUT2D eigenvalue weighted by atomic mass is 10.3. The Balaban J connectivity index is 3.17. The van der Waals surface area contributed by atoms with E-state index in [0.29, 0.717) is 0 Å². The smallest absolute Gasteiger partial charge is 0.306 e. The molecule has 0 aliphatic rings. The Morgan fingerprint density at radius 1 is 1.07 bits per heavy atom. The molecule has 1 aromatic carbocycles. The molecule has 7 heteroatoms. The van der Waals surface area contributed by atoms with Crippen LogP contribution in [0.4, 0.5) is 0 Å². The van der Waals surface area contributed by atoms with Crippen molar-refractivity contribution in [2.45, 2.75) is 0 Å². The third-order valence-electron chi connectivity index (χ3n) is 1.22. The first-order valence-electron chi connectivity index (χ1n) is 3.33. The molecule has 78 valence electrons. The van der Waals surface area contributed by atoms with Gasteiger partial charge in [0.25, 0.3) is 0 Å². The summed E-state index contributed by atoms with van der Waals surface area (Å²) < 4.78 is 26.1. The minimum absolute atomic E-state index is 0.0384. The van der Waals surface area contributed by atoms with Crippen molar-refractivity contribution in [3.8, 4) is 5.75 Å². The first kappa shape index (κ1) is 11.9. The van der Waals surface area contributed by atoms with Crippen LogP contribution >= 0.6 is 34.8 Å². The molecule has 1 rings (SSSR count). The van der Waals surface area contributed by atoms with Crippen LogP contribution in [0.3, 0.4) is 0 Å². The van der Waals surface area contributed by atoms with Crippen molar-refractivity contribution in [1.82, 2.24) is 0 Å². The fourth-order valence-electron chi connectivity index (χ4n) is 0.731. The average Bonchev–Trinajstić information content (AvgIpc) is 1.97. The maximum Gasteiger partial charge on any atom is 0.306 e. The highest BCUT2D eigenvalue weighted by Gasteiger charge is 2.11. The van der Waals surface area contributed by atoms with Gasteiger partial charge in [-0.25, -0.2) is 0 Å². The second-order valence-corrected chi connectivity index (χ2v) is 5.28. The molecule has 0 unspecified atom stereocenters. The van der Waals surface area contributed by atoms with Crippen molar-refractivity contribution in [1.29, 1.82) is 0 Å². The number of hydrogen-bond donors (Lipinski definition) is 0. The molecule has 1 aromatic rings. The van der Waals surface area contributed by atoms with Crippen LogP contribution in [0.5, 0.6) is 5.75 Å². The highest BCUT2D eigenvalue weighted by atomic mass is 35.5. The van der Waals surface area contributed by atoms with Crippen molar-refractivity contribution >= 4 is 44.9 Å². The van der Waals surface area contributed by atoms with E-state index in [1.54, 1.807) is 0 Å². The van der Waals surface area contributed by atoms with Gasteiger partial charge in [0, 0.05) is 6.07 Å². The monoisotopic (exact) mass is 274 g/mol. The number of benzene rings is 1. The highest BCUT2D eigenvalue weighted by Crippen LogP contribution is 2.34. The molecule has 0 N–H and O–H groups in total. The number of rotatable bonds is 2. The second-order valence-electron chi connectivity index (χ2n) is 2.48. The molecule has 0 fully saturated rings. The summed E-state index contributed by atoms with van der Waals surface area (Å²) in [6.45, 7) is 0. The summed E-state index contributed by atoms with van der Waals surface area (Å²) in [5.41, 5.74) is 0. The molecular weight excluding hydrogens is 270 g/mol. The molecule has 0 spiro atoms. The normalized spacial score (nSPS) is 11.4. The Morgan fingerprint density at radius 2 is 1.57 bits per heavy atom. The quantitative estimate of drug-likeness (QED) is 0.615. The maximum absolute atomic E-state index is 10.8. The molecule has 0 amide bonds. The Hall–Kier alpha value is -0.160. The van der Waals surface area contributed by atoms with Crippen molar-refractivity contribution in [3.63, 3.8) is 0 Å². The molecule has 0 aliphatic heterocycles. The van der Waals surface area contributed by atoms with Gasteiger partial charge in [0.15, 0.2) is 5.75 Å². The standard InChI is InChI=1S/C7H5Cl3O3S/c1-14(11,12)13-7-3-5(9)4(8)2-6(7)10/h2-3H,1H3. The van der Waals surface area contributed by atoms with Crippen molar-refractivity contribution in [3.05, 3.63) is 27.2 Å². The van der Waals surface area contributed by atoms with Crippen LogP contribution in [0.2, 0.25) is 15.1 Å². The molecule has 14 heavy (non-hydrogen) atoms. The van der Waals surface area contributed by atoms with Gasteiger partial charge in [-0.3, -0.25) is 0 Å². The fourth-order valence-corrected chi connectivity index (χ4v) is 1.82. The molecule has 0 saturated carbocycles. The molecule has 0 bridgehead atoms. The Morgan fingerprint density at radius 3 is 2.07 bits per heavy atom. The Bertz CT molecular complexity index is 455. The number of hydrogen-bond acceptors (Lipinski definition) is 3. The van der Waals surface area contributed by atoms with E-state index in [1.165, 1.54) is 12.1 Å². The topological polar surface area (TPSA) is 43.4 Å². The van der Waals surface area contributed by atoms with E-state index in [2.05, 4.69) is 4.18 Å². The summed E-state index contributed by atoms with van der Waals surface area (Å²) >= 11 is 17.0. The van der Waals surface area contributed by atoms with E-state index in [4.69, 9.17) is 34.8 Å². The minimum atomic E-state index is -3.62. The zero-order chi connectivity index (χ0) is 10.9. The molecule has 3 nitrogen and oxygen atoms in total. The van der Waals surface area contributed by atoms with Gasteiger partial charge in [-0.05, 0) is 6.07 Å². The molecule has 0 aliphatic carbocycles. The average molecular weight is 276 g/mol. The van der Waals surface area contributed by atoms with Crippen LogP contribution in [-0.4, -0.2) is 14.7 Å². The van der Waals surface area contributed by atoms with Gasteiger partial charge >= 0.3 is 10.1 Å². The van der Waals surface area contributed by atoms with Crippen LogP contribution in [0, 0.1) is 0 Å². The molecular formula is C7H5Cl3O3S. The molecule has 0 atom stereocenters. The van der Waals surface area contributed by atoms with E-state index in [1.807, 2.05) is 0 Å². The fraction of sp³-hybridized carbons (Fsp3) is 0.143. The number of halogens is 3. The van der Waals surface area contributed by atoms with Gasteiger partial charge < -0.3 is 4.18 Å². The SMILES string of the molecule is CS(=O)(=O)Oc1cc(Cl)c(Cl)cc1Cl. The van der Waals surface area contributed by atoms with Crippen molar-refractivity contribution in [2.75, 3.05) is 6.26 Å². The lowest BCUT2D eigenvalue weighted by Gasteiger charge is -2.06. The van der Waals surface area contributed by atoms with Crippen LogP contribution in [0.1, 0.15) is 0 Å². The maximum atomic E-state index is 10.8. The van der Waals surface area contributed by atoms with Gasteiger partial charge in [0.2, 0.25) is 0 Å². The minimum Gasteiger partial charge on any atom is -0.381 e. The lowest BCUT2D eigenvalue weighted by Crippen LogP contribution is -2.06. The zero-order valence-corrected chi connectivity index (χ0v) is 10.0. The van der Waals surface area contributed by atoms with Crippen LogP contribution in [0.15, 0.2) is 12.1 Å². The molecule has 0 radical (unpaired) electrons. The van der Waals surface area contributed by atoms with Gasteiger partial charge in [0.1, 0.15) is 0 Å². The second kappa shape index (κ2) is 4.14. The molecule has 0 heterocycles. The van der Waals surface area contributed by atoms with Gasteiger partial charge in [0.05, 0.1) is 21.3 Å². The predicted molar refractivity (Wildman–Crippen MR) is 56.9 cm³/mol. The first-order valence-corrected chi connectivity index (χ1v) is 6.28. The predicted octanol–water partition coefficient (Wildman–Crippen LogP) is 2.99.